The molecule has 0 bridgehead atoms. The Morgan fingerprint density at radius 1 is 1.43 bits per heavy atom. The molecule has 0 spiro atoms. The number of carbonyl (C=O) groups excluding carboxylic acids is 1. The van der Waals surface area contributed by atoms with Gasteiger partial charge >= 0.3 is 0 Å². The zero-order chi connectivity index (χ0) is 16.4. The Bertz CT molecular complexity index is 755. The van der Waals surface area contributed by atoms with E-state index in [2.05, 4.69) is 16.5 Å². The molecule has 1 fully saturated rings. The van der Waals surface area contributed by atoms with Crippen LogP contribution in [0.5, 0.6) is 5.75 Å². The number of aryl methyl sites for hydroxylation is 1. The van der Waals surface area contributed by atoms with Crippen LogP contribution in [0.15, 0.2) is 24.5 Å². The van der Waals surface area contributed by atoms with Crippen molar-refractivity contribution in [1.29, 1.82) is 5.26 Å². The van der Waals surface area contributed by atoms with Crippen LogP contribution in [0, 0.1) is 11.3 Å². The van der Waals surface area contributed by atoms with E-state index in [0.717, 1.165) is 19.3 Å². The molecule has 120 valence electrons. The quantitative estimate of drug-likeness (QED) is 0.923. The summed E-state index contributed by atoms with van der Waals surface area (Å²) in [6.07, 6.45) is 6.22. The molecule has 2 heterocycles. The Morgan fingerprint density at radius 2 is 2.26 bits per heavy atom. The van der Waals surface area contributed by atoms with Crippen LogP contribution in [0.2, 0.25) is 0 Å². The first-order chi connectivity index (χ1) is 11.1. The number of ether oxygens (including phenoxy) is 1. The van der Waals surface area contributed by atoms with Crippen molar-refractivity contribution in [3.05, 3.63) is 35.9 Å². The van der Waals surface area contributed by atoms with Gasteiger partial charge in [-0.15, -0.1) is 0 Å². The van der Waals surface area contributed by atoms with Crippen LogP contribution in [0.25, 0.3) is 0 Å². The second-order valence-corrected chi connectivity index (χ2v) is 5.79. The fourth-order valence-corrected chi connectivity index (χ4v) is 2.96. The molecule has 1 N–H and O–H groups in total. The predicted molar refractivity (Wildman–Crippen MR) is 82.9 cm³/mol. The summed E-state index contributed by atoms with van der Waals surface area (Å²) >= 11 is 0. The van der Waals surface area contributed by atoms with Gasteiger partial charge in [0.1, 0.15) is 23.6 Å². The first-order valence-electron chi connectivity index (χ1n) is 7.60. The molecule has 2 aromatic rings. The van der Waals surface area contributed by atoms with E-state index in [1.807, 2.05) is 13.2 Å². The Balaban J connectivity index is 1.67. The van der Waals surface area contributed by atoms with Crippen molar-refractivity contribution in [2.24, 2.45) is 14.1 Å². The van der Waals surface area contributed by atoms with E-state index in [4.69, 9.17) is 10.00 Å². The summed E-state index contributed by atoms with van der Waals surface area (Å²) in [4.78, 5) is 12.4. The SMILES string of the molecule is Cn1cc(O[C@@H]2CCC[C@@H]2NC(=O)c2ccc(C#N)n2C)cn1. The van der Waals surface area contributed by atoms with Crippen LogP contribution in [0.4, 0.5) is 0 Å². The van der Waals surface area contributed by atoms with E-state index in [-0.39, 0.29) is 18.1 Å². The van der Waals surface area contributed by atoms with E-state index in [1.165, 1.54) is 0 Å². The number of rotatable bonds is 4. The fraction of sp³-hybridized carbons (Fsp3) is 0.438. The van der Waals surface area contributed by atoms with Crippen molar-refractivity contribution in [2.75, 3.05) is 0 Å². The largest absolute Gasteiger partial charge is 0.485 e. The third-order valence-electron chi connectivity index (χ3n) is 4.21. The summed E-state index contributed by atoms with van der Waals surface area (Å²) in [7, 11) is 3.55. The molecule has 0 unspecified atom stereocenters. The molecular weight excluding hydrogens is 294 g/mol. The van der Waals surface area contributed by atoms with Gasteiger partial charge in [0.25, 0.3) is 5.91 Å². The molecule has 3 rings (SSSR count). The molecule has 7 heteroatoms. The zero-order valence-corrected chi connectivity index (χ0v) is 13.2. The first-order valence-corrected chi connectivity index (χ1v) is 7.60. The van der Waals surface area contributed by atoms with Gasteiger partial charge in [-0.3, -0.25) is 9.48 Å². The molecule has 1 amide bonds. The van der Waals surface area contributed by atoms with Gasteiger partial charge < -0.3 is 14.6 Å². The number of nitrogens with zero attached hydrogens (tertiary/aromatic N) is 4. The standard InChI is InChI=1S/C16H19N5O2/c1-20-10-12(9-18-20)23-15-5-3-4-13(15)19-16(22)14-7-6-11(8-17)21(14)2/h6-7,9-10,13,15H,3-5H2,1-2H3,(H,19,22)/t13-,15+/m0/s1. The fourth-order valence-electron chi connectivity index (χ4n) is 2.96. The van der Waals surface area contributed by atoms with E-state index >= 15 is 0 Å². The normalized spacial score (nSPS) is 20.2. The molecule has 0 radical (unpaired) electrons. The van der Waals surface area contributed by atoms with Gasteiger partial charge in [0.15, 0.2) is 5.75 Å². The van der Waals surface area contributed by atoms with Crippen LogP contribution in [-0.4, -0.2) is 32.4 Å². The monoisotopic (exact) mass is 313 g/mol. The van der Waals surface area contributed by atoms with Crippen LogP contribution >= 0.6 is 0 Å². The molecule has 0 aromatic carbocycles. The van der Waals surface area contributed by atoms with Gasteiger partial charge in [0.2, 0.25) is 0 Å². The number of nitrogens with one attached hydrogen (secondary N) is 1. The smallest absolute Gasteiger partial charge is 0.268 e. The number of nitriles is 1. The number of amides is 1. The third-order valence-corrected chi connectivity index (χ3v) is 4.21. The molecule has 0 saturated heterocycles. The highest BCUT2D eigenvalue weighted by Gasteiger charge is 2.31. The van der Waals surface area contributed by atoms with Gasteiger partial charge in [0, 0.05) is 14.1 Å². The molecule has 1 aliphatic carbocycles. The maximum Gasteiger partial charge on any atom is 0.268 e. The Morgan fingerprint density at radius 3 is 2.91 bits per heavy atom. The van der Waals surface area contributed by atoms with Crippen molar-refractivity contribution < 1.29 is 9.53 Å². The maximum atomic E-state index is 12.4. The summed E-state index contributed by atoms with van der Waals surface area (Å²) in [5.74, 6) is 0.532. The Labute approximate surface area is 134 Å². The lowest BCUT2D eigenvalue weighted by molar-refractivity contribution is 0.0885. The third kappa shape index (κ3) is 3.06. The molecule has 2 atom stereocenters. The van der Waals surface area contributed by atoms with Crippen molar-refractivity contribution in [3.8, 4) is 11.8 Å². The zero-order valence-electron chi connectivity index (χ0n) is 13.2. The molecule has 2 aromatic heterocycles. The van der Waals surface area contributed by atoms with Gasteiger partial charge in [-0.25, -0.2) is 0 Å². The lowest BCUT2D eigenvalue weighted by Crippen LogP contribution is -2.43. The van der Waals surface area contributed by atoms with Crippen LogP contribution in [0.1, 0.15) is 35.4 Å². The lowest BCUT2D eigenvalue weighted by Gasteiger charge is -2.21. The van der Waals surface area contributed by atoms with Crippen molar-refractivity contribution in [3.63, 3.8) is 0 Å². The molecule has 7 nitrogen and oxygen atoms in total. The van der Waals surface area contributed by atoms with Crippen molar-refractivity contribution in [1.82, 2.24) is 19.7 Å². The number of hydrogen-bond donors (Lipinski definition) is 1. The number of hydrogen-bond acceptors (Lipinski definition) is 4. The van der Waals surface area contributed by atoms with Gasteiger partial charge in [-0.2, -0.15) is 10.4 Å². The summed E-state index contributed by atoms with van der Waals surface area (Å²) in [5, 5.41) is 16.1. The second kappa shape index (κ2) is 6.16. The average Bonchev–Trinajstić information content (AvgIpc) is 3.21. The molecular formula is C16H19N5O2. The van der Waals surface area contributed by atoms with Crippen molar-refractivity contribution in [2.45, 2.75) is 31.4 Å². The van der Waals surface area contributed by atoms with Crippen LogP contribution < -0.4 is 10.1 Å². The van der Waals surface area contributed by atoms with E-state index in [9.17, 15) is 4.79 Å². The van der Waals surface area contributed by atoms with Crippen LogP contribution in [-0.2, 0) is 14.1 Å². The second-order valence-electron chi connectivity index (χ2n) is 5.79. The highest BCUT2D eigenvalue weighted by atomic mass is 16.5. The minimum absolute atomic E-state index is 0.0388. The van der Waals surface area contributed by atoms with Crippen molar-refractivity contribution >= 4 is 5.91 Å². The average molecular weight is 313 g/mol. The molecule has 23 heavy (non-hydrogen) atoms. The van der Waals surface area contributed by atoms with E-state index in [1.54, 1.807) is 34.6 Å². The van der Waals surface area contributed by atoms with E-state index in [0.29, 0.717) is 17.1 Å². The molecule has 0 aliphatic heterocycles. The predicted octanol–water partition coefficient (Wildman–Crippen LogP) is 1.36. The molecule has 1 saturated carbocycles. The number of aromatic nitrogens is 3. The lowest BCUT2D eigenvalue weighted by atomic mass is 10.2. The van der Waals surface area contributed by atoms with Gasteiger partial charge in [0.05, 0.1) is 18.4 Å². The highest BCUT2D eigenvalue weighted by Crippen LogP contribution is 2.25. The topological polar surface area (TPSA) is 84.9 Å². The Kier molecular flexibility index (Phi) is 4.06. The summed E-state index contributed by atoms with van der Waals surface area (Å²) in [6.45, 7) is 0. The minimum Gasteiger partial charge on any atom is -0.485 e. The summed E-state index contributed by atoms with van der Waals surface area (Å²) < 4.78 is 9.23. The van der Waals surface area contributed by atoms with Gasteiger partial charge in [-0.05, 0) is 31.4 Å². The van der Waals surface area contributed by atoms with Gasteiger partial charge in [-0.1, -0.05) is 0 Å². The van der Waals surface area contributed by atoms with Crippen LogP contribution in [0.3, 0.4) is 0 Å². The summed E-state index contributed by atoms with van der Waals surface area (Å²) in [6, 6.07) is 5.33. The first kappa shape index (κ1) is 15.2. The molecule has 1 aliphatic rings. The number of carbonyl (C=O) groups is 1. The highest BCUT2D eigenvalue weighted by molar-refractivity contribution is 5.93. The minimum atomic E-state index is -0.180. The maximum absolute atomic E-state index is 12.4. The van der Waals surface area contributed by atoms with E-state index < -0.39 is 0 Å². The Hall–Kier alpha value is -2.75. The summed E-state index contributed by atoms with van der Waals surface area (Å²) in [5.41, 5.74) is 0.943.